The maximum absolute atomic E-state index is 12.6. The van der Waals surface area contributed by atoms with Crippen LogP contribution in [0.1, 0.15) is 9.88 Å². The zero-order valence-electron chi connectivity index (χ0n) is 12.0. The predicted octanol–water partition coefficient (Wildman–Crippen LogP) is 1.86. The van der Waals surface area contributed by atoms with Gasteiger partial charge in [-0.1, -0.05) is 0 Å². The summed E-state index contributed by atoms with van der Waals surface area (Å²) in [7, 11) is -0.629. The highest BCUT2D eigenvalue weighted by atomic mass is 32.2. The molecule has 0 aliphatic heterocycles. The molecule has 1 aromatic carbocycles. The third-order valence-electron chi connectivity index (χ3n) is 2.95. The van der Waals surface area contributed by atoms with Crippen molar-refractivity contribution in [2.24, 2.45) is 0 Å². The van der Waals surface area contributed by atoms with E-state index in [1.807, 2.05) is 6.92 Å². The van der Waals surface area contributed by atoms with Gasteiger partial charge in [-0.05, 0) is 19.1 Å². The van der Waals surface area contributed by atoms with Crippen LogP contribution in [0.15, 0.2) is 29.3 Å². The van der Waals surface area contributed by atoms with Crippen molar-refractivity contribution in [2.75, 3.05) is 19.9 Å². The van der Waals surface area contributed by atoms with Gasteiger partial charge in [0.05, 0.1) is 17.8 Å². The van der Waals surface area contributed by atoms with Gasteiger partial charge < -0.3 is 10.5 Å². The van der Waals surface area contributed by atoms with Crippen LogP contribution >= 0.6 is 11.3 Å². The van der Waals surface area contributed by atoms with Crippen LogP contribution in [0.25, 0.3) is 0 Å². The Hall–Kier alpha value is -1.64. The number of nitrogens with two attached hydrogens (primary N) is 1. The monoisotopic (exact) mass is 327 g/mol. The van der Waals surface area contributed by atoms with Crippen molar-refractivity contribution in [3.05, 3.63) is 34.3 Å². The first-order chi connectivity index (χ1) is 9.84. The second-order valence-corrected chi connectivity index (χ2v) is 7.84. The van der Waals surface area contributed by atoms with E-state index < -0.39 is 10.0 Å². The Labute approximate surface area is 128 Å². The van der Waals surface area contributed by atoms with Crippen LogP contribution in [0.2, 0.25) is 0 Å². The molecule has 0 unspecified atom stereocenters. The fourth-order valence-electron chi connectivity index (χ4n) is 1.84. The number of sulfonamides is 1. The maximum atomic E-state index is 12.6. The number of anilines is 1. The van der Waals surface area contributed by atoms with Gasteiger partial charge >= 0.3 is 0 Å². The molecule has 2 aromatic rings. The quantitative estimate of drug-likeness (QED) is 0.847. The molecule has 0 bridgehead atoms. The number of aromatic nitrogens is 1. The highest BCUT2D eigenvalue weighted by Gasteiger charge is 2.24. The fourth-order valence-corrected chi connectivity index (χ4v) is 4.01. The van der Waals surface area contributed by atoms with Gasteiger partial charge in [-0.3, -0.25) is 0 Å². The number of aryl methyl sites for hydroxylation is 1. The fraction of sp³-hybridized carbons (Fsp3) is 0.308. The topological polar surface area (TPSA) is 85.5 Å². The molecule has 6 nitrogen and oxygen atoms in total. The minimum Gasteiger partial charge on any atom is -0.497 e. The Balaban J connectivity index is 2.28. The Kier molecular flexibility index (Phi) is 4.50. The molecule has 21 heavy (non-hydrogen) atoms. The van der Waals surface area contributed by atoms with Crippen molar-refractivity contribution < 1.29 is 13.2 Å². The number of nitrogens with zero attached hydrogens (tertiary/aromatic N) is 2. The van der Waals surface area contributed by atoms with Crippen LogP contribution in [0, 0.1) is 6.92 Å². The Morgan fingerprint density at radius 3 is 2.67 bits per heavy atom. The van der Waals surface area contributed by atoms with E-state index in [2.05, 4.69) is 4.98 Å². The van der Waals surface area contributed by atoms with E-state index in [0.717, 1.165) is 9.88 Å². The average Bonchev–Trinajstić information content (AvgIpc) is 2.83. The first-order valence-corrected chi connectivity index (χ1v) is 8.41. The van der Waals surface area contributed by atoms with Gasteiger partial charge in [0.2, 0.25) is 10.0 Å². The van der Waals surface area contributed by atoms with Crippen molar-refractivity contribution in [1.82, 2.24) is 9.29 Å². The molecule has 2 rings (SSSR count). The number of rotatable bonds is 5. The van der Waals surface area contributed by atoms with E-state index >= 15 is 0 Å². The minimum atomic E-state index is -3.65. The van der Waals surface area contributed by atoms with E-state index in [-0.39, 0.29) is 17.1 Å². The summed E-state index contributed by atoms with van der Waals surface area (Å²) in [5.41, 5.74) is 5.99. The van der Waals surface area contributed by atoms with Gasteiger partial charge in [0.15, 0.2) is 0 Å². The largest absolute Gasteiger partial charge is 0.497 e. The molecule has 2 N–H and O–H groups in total. The Bertz CT molecular complexity index is 741. The molecule has 0 saturated heterocycles. The standard InChI is InChI=1S/C13H17N3O3S2/c1-9-15-7-11(20-9)8-16(2)21(17,18)13-5-4-10(19-3)6-12(13)14/h4-7H,8,14H2,1-3H3. The van der Waals surface area contributed by atoms with Crippen LogP contribution in [0.3, 0.4) is 0 Å². The van der Waals surface area contributed by atoms with E-state index in [1.165, 1.54) is 41.9 Å². The summed E-state index contributed by atoms with van der Waals surface area (Å²) < 4.78 is 31.4. The van der Waals surface area contributed by atoms with Crippen LogP contribution < -0.4 is 10.5 Å². The third-order valence-corrected chi connectivity index (χ3v) is 5.73. The summed E-state index contributed by atoms with van der Waals surface area (Å²) in [4.78, 5) is 5.08. The summed E-state index contributed by atoms with van der Waals surface area (Å²) in [6.45, 7) is 2.14. The third kappa shape index (κ3) is 3.34. The van der Waals surface area contributed by atoms with Crippen LogP contribution in [-0.2, 0) is 16.6 Å². The number of benzene rings is 1. The molecule has 0 atom stereocenters. The predicted molar refractivity (Wildman–Crippen MR) is 82.9 cm³/mol. The molecule has 0 aliphatic rings. The molecule has 0 spiro atoms. The molecule has 1 heterocycles. The van der Waals surface area contributed by atoms with Gasteiger partial charge in [-0.25, -0.2) is 13.4 Å². The minimum absolute atomic E-state index is 0.0760. The van der Waals surface area contributed by atoms with Crippen molar-refractivity contribution in [3.63, 3.8) is 0 Å². The molecule has 0 amide bonds. The number of nitrogen functional groups attached to an aromatic ring is 1. The van der Waals surface area contributed by atoms with Gasteiger partial charge in [0, 0.05) is 30.7 Å². The smallest absolute Gasteiger partial charge is 0.245 e. The highest BCUT2D eigenvalue weighted by Crippen LogP contribution is 2.27. The molecular weight excluding hydrogens is 310 g/mol. The lowest BCUT2D eigenvalue weighted by Gasteiger charge is -2.17. The second kappa shape index (κ2) is 6.00. The zero-order valence-corrected chi connectivity index (χ0v) is 13.7. The number of hydrogen-bond donors (Lipinski definition) is 1. The van der Waals surface area contributed by atoms with Crippen molar-refractivity contribution in [1.29, 1.82) is 0 Å². The Morgan fingerprint density at radius 2 is 2.14 bits per heavy atom. The van der Waals surface area contributed by atoms with Gasteiger partial charge in [0.1, 0.15) is 10.6 Å². The summed E-state index contributed by atoms with van der Waals surface area (Å²) in [5, 5.41) is 0.903. The van der Waals surface area contributed by atoms with Crippen LogP contribution in [-0.4, -0.2) is 31.9 Å². The molecule has 0 saturated carbocycles. The summed E-state index contributed by atoms with van der Waals surface area (Å²) in [6.07, 6.45) is 1.68. The van der Waals surface area contributed by atoms with Gasteiger partial charge in [-0.2, -0.15) is 4.31 Å². The second-order valence-electron chi connectivity index (χ2n) is 4.51. The molecule has 8 heteroatoms. The molecule has 0 fully saturated rings. The van der Waals surface area contributed by atoms with Crippen molar-refractivity contribution >= 4 is 27.0 Å². The molecule has 114 valence electrons. The Morgan fingerprint density at radius 1 is 1.43 bits per heavy atom. The number of ether oxygens (including phenoxy) is 1. The van der Waals surface area contributed by atoms with Gasteiger partial charge in [0.25, 0.3) is 0 Å². The number of thiazole rings is 1. The summed E-state index contributed by atoms with van der Waals surface area (Å²) in [6, 6.07) is 4.53. The molecule has 0 aliphatic carbocycles. The number of methoxy groups -OCH3 is 1. The van der Waals surface area contributed by atoms with Crippen LogP contribution in [0.4, 0.5) is 5.69 Å². The van der Waals surface area contributed by atoms with Crippen LogP contribution in [0.5, 0.6) is 5.75 Å². The van der Waals surface area contributed by atoms with E-state index in [0.29, 0.717) is 5.75 Å². The molecule has 0 radical (unpaired) electrons. The highest BCUT2D eigenvalue weighted by molar-refractivity contribution is 7.89. The summed E-state index contributed by atoms with van der Waals surface area (Å²) in [5.74, 6) is 0.521. The first-order valence-electron chi connectivity index (χ1n) is 6.15. The lowest BCUT2D eigenvalue weighted by molar-refractivity contribution is 0.414. The van der Waals surface area contributed by atoms with Gasteiger partial charge in [-0.15, -0.1) is 11.3 Å². The van der Waals surface area contributed by atoms with E-state index in [4.69, 9.17) is 10.5 Å². The normalized spacial score (nSPS) is 11.8. The first kappa shape index (κ1) is 15.7. The van der Waals surface area contributed by atoms with E-state index in [9.17, 15) is 8.42 Å². The van der Waals surface area contributed by atoms with Crippen molar-refractivity contribution in [2.45, 2.75) is 18.4 Å². The average molecular weight is 327 g/mol. The lowest BCUT2D eigenvalue weighted by Crippen LogP contribution is -2.26. The molecule has 1 aromatic heterocycles. The maximum Gasteiger partial charge on any atom is 0.245 e. The van der Waals surface area contributed by atoms with Crippen molar-refractivity contribution in [3.8, 4) is 5.75 Å². The lowest BCUT2D eigenvalue weighted by atomic mass is 10.3. The molecular formula is C13H17N3O3S2. The summed E-state index contributed by atoms with van der Waals surface area (Å²) >= 11 is 1.47. The number of hydrogen-bond acceptors (Lipinski definition) is 6. The zero-order chi connectivity index (χ0) is 15.6. The SMILES string of the molecule is COc1ccc(S(=O)(=O)N(C)Cc2cnc(C)s2)c(N)c1. The van der Waals surface area contributed by atoms with E-state index in [1.54, 1.807) is 12.3 Å².